The third kappa shape index (κ3) is 2.96. The Morgan fingerprint density at radius 2 is 1.11 bits per heavy atom. The predicted octanol–water partition coefficient (Wildman–Crippen LogP) is 9.31. The van der Waals surface area contributed by atoms with Crippen LogP contribution < -0.4 is 0 Å². The van der Waals surface area contributed by atoms with Crippen LogP contribution in [0.15, 0.2) is 133 Å². The van der Waals surface area contributed by atoms with Crippen LogP contribution in [0, 0.1) is 0 Å². The highest BCUT2D eigenvalue weighted by Crippen LogP contribution is 2.38. The van der Waals surface area contributed by atoms with Crippen LogP contribution in [0.1, 0.15) is 0 Å². The van der Waals surface area contributed by atoms with E-state index in [1.54, 1.807) is 0 Å². The maximum absolute atomic E-state index is 5.22. The fraction of sp³-hybridized carbons (Fsp3) is 0. The van der Waals surface area contributed by atoms with Crippen molar-refractivity contribution in [3.63, 3.8) is 0 Å². The maximum atomic E-state index is 5.22. The summed E-state index contributed by atoms with van der Waals surface area (Å²) in [6.07, 6.45) is 0. The Labute approximate surface area is 214 Å². The average Bonchev–Trinajstić information content (AvgIpc) is 3.31. The molecular formula is C35H22N2. The molecule has 0 amide bonds. The third-order valence-corrected chi connectivity index (χ3v) is 7.55. The molecule has 0 bridgehead atoms. The molecule has 172 valence electrons. The van der Waals surface area contributed by atoms with E-state index in [4.69, 9.17) is 4.98 Å². The van der Waals surface area contributed by atoms with Gasteiger partial charge in [-0.05, 0) is 41.1 Å². The molecule has 2 heterocycles. The van der Waals surface area contributed by atoms with E-state index < -0.39 is 0 Å². The highest BCUT2D eigenvalue weighted by Gasteiger charge is 2.15. The molecule has 0 unspecified atom stereocenters. The largest absolute Gasteiger partial charge is 0.309 e. The number of aromatic nitrogens is 2. The quantitative estimate of drug-likeness (QED) is 0.230. The van der Waals surface area contributed by atoms with Gasteiger partial charge < -0.3 is 4.57 Å². The number of rotatable bonds is 2. The van der Waals surface area contributed by atoms with Crippen LogP contribution in [0.5, 0.6) is 0 Å². The molecule has 0 spiro atoms. The van der Waals surface area contributed by atoms with E-state index in [0.717, 1.165) is 22.5 Å². The summed E-state index contributed by atoms with van der Waals surface area (Å²) in [6, 6.07) is 47.7. The van der Waals surface area contributed by atoms with E-state index in [9.17, 15) is 0 Å². The molecule has 0 N–H and O–H groups in total. The molecule has 2 aromatic heterocycles. The number of hydrogen-bond donors (Lipinski definition) is 0. The zero-order chi connectivity index (χ0) is 24.3. The van der Waals surface area contributed by atoms with Gasteiger partial charge in [0.1, 0.15) is 0 Å². The fourth-order valence-corrected chi connectivity index (χ4v) is 5.94. The molecule has 0 aliphatic carbocycles. The second kappa shape index (κ2) is 7.78. The molecule has 6 aromatic carbocycles. The van der Waals surface area contributed by atoms with E-state index in [1.165, 1.54) is 48.7 Å². The summed E-state index contributed by atoms with van der Waals surface area (Å²) in [6.45, 7) is 0. The van der Waals surface area contributed by atoms with E-state index >= 15 is 0 Å². The van der Waals surface area contributed by atoms with Crippen LogP contribution in [0.3, 0.4) is 0 Å². The molecule has 0 radical (unpaired) electrons. The fourth-order valence-electron chi connectivity index (χ4n) is 5.94. The summed E-state index contributed by atoms with van der Waals surface area (Å²) in [5, 5.41) is 8.68. The molecule has 8 aromatic rings. The zero-order valence-electron chi connectivity index (χ0n) is 20.1. The number of nitrogens with zero attached hydrogens (tertiary/aromatic N) is 2. The topological polar surface area (TPSA) is 17.8 Å². The number of hydrogen-bond acceptors (Lipinski definition) is 1. The van der Waals surface area contributed by atoms with Crippen molar-refractivity contribution in [2.45, 2.75) is 0 Å². The molecule has 37 heavy (non-hydrogen) atoms. The molecule has 2 heteroatoms. The third-order valence-electron chi connectivity index (χ3n) is 7.55. The summed E-state index contributed by atoms with van der Waals surface area (Å²) < 4.78 is 2.37. The van der Waals surface area contributed by atoms with Gasteiger partial charge in [0, 0.05) is 38.2 Å². The van der Waals surface area contributed by atoms with Crippen molar-refractivity contribution < 1.29 is 0 Å². The standard InChI is InChI=1S/C35H22N2/c1-2-13-26-23(10-1)20-21-30-34(26)29-16-3-6-17-31(29)36-35(30)24-11-9-12-25(22-24)37-32-18-7-4-14-27(32)28-15-5-8-19-33(28)37/h1-22H. The first kappa shape index (κ1) is 20.3. The van der Waals surface area contributed by atoms with Gasteiger partial charge in [0.2, 0.25) is 0 Å². The normalized spacial score (nSPS) is 11.8. The molecule has 0 aliphatic rings. The maximum Gasteiger partial charge on any atom is 0.0789 e. The lowest BCUT2D eigenvalue weighted by Gasteiger charge is -2.14. The van der Waals surface area contributed by atoms with E-state index in [0.29, 0.717) is 0 Å². The number of benzene rings is 6. The van der Waals surface area contributed by atoms with E-state index in [-0.39, 0.29) is 0 Å². The monoisotopic (exact) mass is 470 g/mol. The van der Waals surface area contributed by atoms with Crippen molar-refractivity contribution in [1.29, 1.82) is 0 Å². The van der Waals surface area contributed by atoms with Crippen LogP contribution >= 0.6 is 0 Å². The molecule has 2 nitrogen and oxygen atoms in total. The Hall–Kier alpha value is -4.95. The number of pyridine rings is 1. The lowest BCUT2D eigenvalue weighted by molar-refractivity contribution is 1.18. The lowest BCUT2D eigenvalue weighted by atomic mass is 9.95. The second-order valence-electron chi connectivity index (χ2n) is 9.61. The van der Waals surface area contributed by atoms with Gasteiger partial charge in [-0.3, -0.25) is 0 Å². The summed E-state index contributed by atoms with van der Waals surface area (Å²) in [4.78, 5) is 5.22. The molecule has 0 aliphatic heterocycles. The van der Waals surface area contributed by atoms with Crippen LogP contribution in [-0.4, -0.2) is 9.55 Å². The van der Waals surface area contributed by atoms with Gasteiger partial charge in [0.25, 0.3) is 0 Å². The summed E-state index contributed by atoms with van der Waals surface area (Å²) in [5.74, 6) is 0. The van der Waals surface area contributed by atoms with Crippen molar-refractivity contribution in [2.24, 2.45) is 0 Å². The van der Waals surface area contributed by atoms with Crippen molar-refractivity contribution in [3.8, 4) is 16.9 Å². The van der Waals surface area contributed by atoms with Gasteiger partial charge in [0.15, 0.2) is 0 Å². The van der Waals surface area contributed by atoms with E-state index in [2.05, 4.69) is 138 Å². The van der Waals surface area contributed by atoms with Gasteiger partial charge in [-0.15, -0.1) is 0 Å². The van der Waals surface area contributed by atoms with Crippen LogP contribution in [0.4, 0.5) is 0 Å². The molecule has 0 saturated heterocycles. The smallest absolute Gasteiger partial charge is 0.0789 e. The highest BCUT2D eigenvalue weighted by molar-refractivity contribution is 6.22. The Bertz CT molecular complexity index is 2080. The first-order valence-corrected chi connectivity index (χ1v) is 12.7. The van der Waals surface area contributed by atoms with Crippen molar-refractivity contribution in [1.82, 2.24) is 9.55 Å². The molecular weight excluding hydrogens is 448 g/mol. The average molecular weight is 471 g/mol. The second-order valence-corrected chi connectivity index (χ2v) is 9.61. The Balaban J connectivity index is 1.45. The minimum absolute atomic E-state index is 1.02. The molecule has 8 rings (SSSR count). The van der Waals surface area contributed by atoms with Gasteiger partial charge >= 0.3 is 0 Å². The summed E-state index contributed by atoms with van der Waals surface area (Å²) >= 11 is 0. The van der Waals surface area contributed by atoms with Crippen molar-refractivity contribution in [2.75, 3.05) is 0 Å². The minimum atomic E-state index is 1.02. The first-order chi connectivity index (χ1) is 18.4. The molecule has 0 atom stereocenters. The zero-order valence-corrected chi connectivity index (χ0v) is 20.1. The van der Waals surface area contributed by atoms with Crippen molar-refractivity contribution in [3.05, 3.63) is 133 Å². The van der Waals surface area contributed by atoms with Crippen LogP contribution in [0.25, 0.3) is 71.2 Å². The summed E-state index contributed by atoms with van der Waals surface area (Å²) in [5.41, 5.74) is 6.71. The Kier molecular flexibility index (Phi) is 4.26. The highest BCUT2D eigenvalue weighted by atomic mass is 15.0. The first-order valence-electron chi connectivity index (χ1n) is 12.7. The number of fused-ring (bicyclic) bond motifs is 8. The Morgan fingerprint density at radius 1 is 0.459 bits per heavy atom. The molecule has 0 fully saturated rings. The minimum Gasteiger partial charge on any atom is -0.309 e. The summed E-state index contributed by atoms with van der Waals surface area (Å²) in [7, 11) is 0. The van der Waals surface area contributed by atoms with Gasteiger partial charge in [-0.2, -0.15) is 0 Å². The van der Waals surface area contributed by atoms with E-state index in [1.807, 2.05) is 0 Å². The van der Waals surface area contributed by atoms with Crippen LogP contribution in [0.2, 0.25) is 0 Å². The lowest BCUT2D eigenvalue weighted by Crippen LogP contribution is -1.95. The van der Waals surface area contributed by atoms with Crippen LogP contribution in [-0.2, 0) is 0 Å². The molecule has 0 saturated carbocycles. The van der Waals surface area contributed by atoms with Gasteiger partial charge in [0.05, 0.1) is 22.2 Å². The number of para-hydroxylation sites is 3. The van der Waals surface area contributed by atoms with Crippen molar-refractivity contribution >= 4 is 54.3 Å². The predicted molar refractivity (Wildman–Crippen MR) is 157 cm³/mol. The SMILES string of the molecule is c1cc(-c2nc3ccccc3c3c2ccc2ccccc23)cc(-n2c3ccccc3c3ccccc32)c1. The van der Waals surface area contributed by atoms with Gasteiger partial charge in [-0.1, -0.05) is 103 Å². The van der Waals surface area contributed by atoms with Gasteiger partial charge in [-0.25, -0.2) is 4.98 Å². The Morgan fingerprint density at radius 3 is 1.89 bits per heavy atom.